The van der Waals surface area contributed by atoms with Gasteiger partial charge in [-0.15, -0.1) is 0 Å². The molecule has 1 amide bonds. The van der Waals surface area contributed by atoms with Gasteiger partial charge in [0.25, 0.3) is 11.5 Å². The van der Waals surface area contributed by atoms with E-state index in [9.17, 15) is 9.59 Å². The molecule has 0 radical (unpaired) electrons. The van der Waals surface area contributed by atoms with Gasteiger partial charge in [-0.25, -0.2) is 4.98 Å². The summed E-state index contributed by atoms with van der Waals surface area (Å²) in [6.45, 7) is 0. The first kappa shape index (κ1) is 14.8. The molecule has 0 aliphatic heterocycles. The molecule has 0 fully saturated rings. The summed E-state index contributed by atoms with van der Waals surface area (Å²) in [5.74, 6) is -0.0827. The molecule has 4 aromatic rings. The van der Waals surface area contributed by atoms with Crippen LogP contribution in [-0.2, 0) is 0 Å². The maximum Gasteiger partial charge on any atom is 0.291 e. The third-order valence-electron chi connectivity index (χ3n) is 3.73. The third kappa shape index (κ3) is 2.90. The fourth-order valence-corrected chi connectivity index (χ4v) is 2.52. The molecule has 0 aliphatic carbocycles. The highest BCUT2D eigenvalue weighted by atomic mass is 16.2. The van der Waals surface area contributed by atoms with Crippen molar-refractivity contribution < 1.29 is 4.79 Å². The van der Waals surface area contributed by atoms with Gasteiger partial charge in [0.1, 0.15) is 0 Å². The fraction of sp³-hybridized carbons (Fsp3) is 0. The Morgan fingerprint density at radius 1 is 1.08 bits per heavy atom. The Kier molecular flexibility index (Phi) is 3.59. The lowest BCUT2D eigenvalue weighted by atomic mass is 10.2. The van der Waals surface area contributed by atoms with Crippen LogP contribution in [0.5, 0.6) is 0 Å². The van der Waals surface area contributed by atoms with Crippen LogP contribution < -0.4 is 10.9 Å². The van der Waals surface area contributed by atoms with Crippen molar-refractivity contribution in [3.8, 4) is 5.69 Å². The molecule has 25 heavy (non-hydrogen) atoms. The van der Waals surface area contributed by atoms with E-state index in [-0.39, 0.29) is 17.3 Å². The minimum Gasteiger partial charge on any atom is -0.334 e. The van der Waals surface area contributed by atoms with Gasteiger partial charge in [0, 0.05) is 23.8 Å². The number of nitrogens with one attached hydrogen (secondary N) is 2. The van der Waals surface area contributed by atoms with Crippen molar-refractivity contribution in [1.29, 1.82) is 0 Å². The lowest BCUT2D eigenvalue weighted by Gasteiger charge is -2.07. The van der Waals surface area contributed by atoms with Crippen LogP contribution >= 0.6 is 0 Å². The number of hydrogen-bond donors (Lipinski definition) is 2. The molecule has 2 aromatic carbocycles. The molecule has 0 unspecified atom stereocenters. The number of nitrogens with zero attached hydrogens (tertiary/aromatic N) is 3. The Morgan fingerprint density at radius 3 is 2.64 bits per heavy atom. The molecule has 0 saturated heterocycles. The Labute approximate surface area is 142 Å². The van der Waals surface area contributed by atoms with Crippen molar-refractivity contribution in [3.05, 3.63) is 83.3 Å². The number of aromatic nitrogens is 4. The second kappa shape index (κ2) is 6.04. The number of fused-ring (bicyclic) bond motifs is 1. The van der Waals surface area contributed by atoms with Crippen LogP contribution in [0.1, 0.15) is 10.6 Å². The molecular formula is C18H13N5O2. The van der Waals surface area contributed by atoms with E-state index in [0.717, 1.165) is 11.0 Å². The first-order valence-electron chi connectivity index (χ1n) is 7.60. The van der Waals surface area contributed by atoms with E-state index < -0.39 is 0 Å². The van der Waals surface area contributed by atoms with E-state index in [1.165, 1.54) is 10.8 Å². The number of imidazole rings is 1. The average Bonchev–Trinajstić information content (AvgIpc) is 3.07. The quantitative estimate of drug-likeness (QED) is 0.603. The van der Waals surface area contributed by atoms with Crippen LogP contribution in [0.15, 0.2) is 71.9 Å². The first-order valence-corrected chi connectivity index (χ1v) is 7.60. The summed E-state index contributed by atoms with van der Waals surface area (Å²) >= 11 is 0. The molecule has 7 nitrogen and oxygen atoms in total. The molecular weight excluding hydrogens is 318 g/mol. The van der Waals surface area contributed by atoms with Crippen LogP contribution in [0.4, 0.5) is 5.69 Å². The predicted molar refractivity (Wildman–Crippen MR) is 93.9 cm³/mol. The van der Waals surface area contributed by atoms with Crippen molar-refractivity contribution in [2.75, 3.05) is 5.32 Å². The highest BCUT2D eigenvalue weighted by Crippen LogP contribution is 2.14. The topological polar surface area (TPSA) is 92.7 Å². The van der Waals surface area contributed by atoms with Crippen molar-refractivity contribution in [3.63, 3.8) is 0 Å². The van der Waals surface area contributed by atoms with E-state index in [4.69, 9.17) is 0 Å². The van der Waals surface area contributed by atoms with E-state index in [0.29, 0.717) is 11.4 Å². The number of H-pyrrole nitrogens is 1. The van der Waals surface area contributed by atoms with E-state index in [2.05, 4.69) is 20.3 Å². The molecule has 2 aromatic heterocycles. The van der Waals surface area contributed by atoms with Gasteiger partial charge in [0.15, 0.2) is 5.82 Å². The van der Waals surface area contributed by atoms with Gasteiger partial charge in [0.2, 0.25) is 0 Å². The second-order valence-corrected chi connectivity index (χ2v) is 5.39. The summed E-state index contributed by atoms with van der Waals surface area (Å²) in [7, 11) is 0. The maximum absolute atomic E-state index is 12.3. The van der Waals surface area contributed by atoms with Gasteiger partial charge in [-0.05, 0) is 36.4 Å². The smallest absolute Gasteiger partial charge is 0.291 e. The lowest BCUT2D eigenvalue weighted by Crippen LogP contribution is -2.17. The lowest BCUT2D eigenvalue weighted by molar-refractivity contribution is 0.101. The monoisotopic (exact) mass is 331 g/mol. The number of anilines is 1. The Bertz CT molecular complexity index is 1080. The van der Waals surface area contributed by atoms with E-state index in [1.807, 2.05) is 24.3 Å². The molecule has 2 N–H and O–H groups in total. The van der Waals surface area contributed by atoms with Gasteiger partial charge >= 0.3 is 0 Å². The highest BCUT2D eigenvalue weighted by Gasteiger charge is 2.11. The van der Waals surface area contributed by atoms with Crippen LogP contribution in [0.2, 0.25) is 0 Å². The van der Waals surface area contributed by atoms with E-state index in [1.54, 1.807) is 36.7 Å². The van der Waals surface area contributed by atoms with Crippen molar-refractivity contribution in [2.45, 2.75) is 0 Å². The summed E-state index contributed by atoms with van der Waals surface area (Å²) < 4.78 is 1.47. The number of carbonyl (C=O) groups is 1. The van der Waals surface area contributed by atoms with Crippen molar-refractivity contribution in [1.82, 2.24) is 19.5 Å². The number of amides is 1. The number of carbonyl (C=O) groups excluding carboxylic acids is 1. The van der Waals surface area contributed by atoms with Gasteiger partial charge in [0.05, 0.1) is 17.2 Å². The zero-order chi connectivity index (χ0) is 17.2. The van der Waals surface area contributed by atoms with Crippen molar-refractivity contribution in [2.24, 2.45) is 0 Å². The Balaban J connectivity index is 1.55. The number of aromatic amines is 1. The van der Waals surface area contributed by atoms with Gasteiger partial charge in [-0.3, -0.25) is 19.1 Å². The SMILES string of the molecule is O=C(Nc1ccc(-n2ccncc2=O)cc1)c1nc2ccccc2[nH]1. The molecule has 0 spiro atoms. The van der Waals surface area contributed by atoms with Gasteiger partial charge in [-0.2, -0.15) is 0 Å². The van der Waals surface area contributed by atoms with Crippen LogP contribution in [0, 0.1) is 0 Å². The summed E-state index contributed by atoms with van der Waals surface area (Å²) in [5.41, 5.74) is 2.62. The number of benzene rings is 2. The molecule has 7 heteroatoms. The zero-order valence-corrected chi connectivity index (χ0v) is 13.0. The van der Waals surface area contributed by atoms with Gasteiger partial charge < -0.3 is 10.3 Å². The predicted octanol–water partition coefficient (Wildman–Crippen LogP) is 2.36. The molecule has 4 rings (SSSR count). The summed E-state index contributed by atoms with van der Waals surface area (Å²) in [5, 5.41) is 2.78. The average molecular weight is 331 g/mol. The standard InChI is InChI=1S/C18H13N5O2/c24-16-11-19-9-10-23(16)13-7-5-12(6-8-13)20-18(25)17-21-14-3-1-2-4-15(14)22-17/h1-11H,(H,20,25)(H,21,22). The third-order valence-corrected chi connectivity index (χ3v) is 3.73. The highest BCUT2D eigenvalue weighted by molar-refractivity contribution is 6.03. The second-order valence-electron chi connectivity index (χ2n) is 5.39. The van der Waals surface area contributed by atoms with E-state index >= 15 is 0 Å². The van der Waals surface area contributed by atoms with Crippen LogP contribution in [0.3, 0.4) is 0 Å². The molecule has 0 atom stereocenters. The largest absolute Gasteiger partial charge is 0.334 e. The Morgan fingerprint density at radius 2 is 1.88 bits per heavy atom. The molecule has 0 saturated carbocycles. The maximum atomic E-state index is 12.3. The van der Waals surface area contributed by atoms with Crippen molar-refractivity contribution >= 4 is 22.6 Å². The number of rotatable bonds is 3. The summed E-state index contributed by atoms with van der Waals surface area (Å²) in [4.78, 5) is 35.1. The van der Waals surface area contributed by atoms with Crippen LogP contribution in [-0.4, -0.2) is 25.4 Å². The molecule has 0 bridgehead atoms. The van der Waals surface area contributed by atoms with Gasteiger partial charge in [-0.1, -0.05) is 12.1 Å². The Hall–Kier alpha value is -3.74. The molecule has 0 aliphatic rings. The first-order chi connectivity index (χ1) is 12.2. The number of hydrogen-bond acceptors (Lipinski definition) is 4. The minimum atomic E-state index is -0.329. The minimum absolute atomic E-state index is 0.221. The van der Waals surface area contributed by atoms with Crippen LogP contribution in [0.25, 0.3) is 16.7 Å². The molecule has 2 heterocycles. The normalized spacial score (nSPS) is 10.7. The summed E-state index contributed by atoms with van der Waals surface area (Å²) in [6, 6.07) is 14.4. The number of para-hydroxylation sites is 2. The zero-order valence-electron chi connectivity index (χ0n) is 13.0. The fourth-order valence-electron chi connectivity index (χ4n) is 2.52. The summed E-state index contributed by atoms with van der Waals surface area (Å²) in [6.07, 6.45) is 4.38. The molecule has 122 valence electrons.